The van der Waals surface area contributed by atoms with Crippen LogP contribution < -0.4 is 12.4 Å². The quantitative estimate of drug-likeness (QED) is 0.463. The van der Waals surface area contributed by atoms with Crippen LogP contribution in [-0.4, -0.2) is 23.8 Å². The summed E-state index contributed by atoms with van der Waals surface area (Å²) in [6.45, 7) is 0. The van der Waals surface area contributed by atoms with Crippen molar-refractivity contribution >= 4 is 28.4 Å². The minimum Gasteiger partial charge on any atom is -1.00 e. The van der Waals surface area contributed by atoms with E-state index < -0.39 is 0 Å². The molecule has 0 heterocycles. The topological polar surface area (TPSA) is 3.01 Å². The van der Waals surface area contributed by atoms with Crippen LogP contribution in [0.4, 0.5) is 0 Å². The molecular formula is C9H10Cl3N. The molecule has 0 aliphatic rings. The van der Waals surface area contributed by atoms with Crippen molar-refractivity contribution in [2.75, 3.05) is 14.1 Å². The van der Waals surface area contributed by atoms with Crippen LogP contribution >= 0.6 is 23.2 Å². The SMILES string of the molecule is C[N+](C)=C(Cl)c1ccc(Cl)cc1.[Cl-]. The van der Waals surface area contributed by atoms with Gasteiger partial charge >= 0.3 is 0 Å². The first-order valence-electron chi connectivity index (χ1n) is 3.57. The lowest BCUT2D eigenvalue weighted by Gasteiger charge is -1.95. The minimum atomic E-state index is 0. The molecule has 1 nitrogen and oxygen atoms in total. The van der Waals surface area contributed by atoms with Crippen LogP contribution in [0.25, 0.3) is 0 Å². The third-order valence-electron chi connectivity index (χ3n) is 1.48. The van der Waals surface area contributed by atoms with Gasteiger partial charge in [-0.05, 0) is 35.9 Å². The van der Waals surface area contributed by atoms with Gasteiger partial charge in [-0.15, -0.1) is 0 Å². The van der Waals surface area contributed by atoms with Crippen molar-refractivity contribution in [3.05, 3.63) is 34.9 Å². The lowest BCUT2D eigenvalue weighted by Crippen LogP contribution is -3.00. The van der Waals surface area contributed by atoms with Crippen LogP contribution in [0.1, 0.15) is 5.56 Å². The Hall–Kier alpha value is -0.240. The monoisotopic (exact) mass is 237 g/mol. The Labute approximate surface area is 94.4 Å². The zero-order valence-electron chi connectivity index (χ0n) is 7.39. The molecule has 13 heavy (non-hydrogen) atoms. The molecule has 0 unspecified atom stereocenters. The van der Waals surface area contributed by atoms with Gasteiger partial charge in [0.15, 0.2) is 0 Å². The summed E-state index contributed by atoms with van der Waals surface area (Å²) in [5.41, 5.74) is 0.978. The number of hydrogen-bond donors (Lipinski definition) is 0. The Morgan fingerprint density at radius 2 is 1.62 bits per heavy atom. The summed E-state index contributed by atoms with van der Waals surface area (Å²) in [5.74, 6) is 0. The molecular weight excluding hydrogens is 228 g/mol. The van der Waals surface area contributed by atoms with E-state index in [4.69, 9.17) is 23.2 Å². The standard InChI is InChI=1S/C9H10Cl2N.ClH/c1-12(2)9(11)7-3-5-8(10)6-4-7;/h3-6H,1-2H3;1H/q+1;/p-1. The molecule has 4 heteroatoms. The first-order chi connectivity index (χ1) is 5.61. The van der Waals surface area contributed by atoms with Gasteiger partial charge in [0.25, 0.3) is 5.17 Å². The zero-order valence-corrected chi connectivity index (χ0v) is 9.66. The van der Waals surface area contributed by atoms with Gasteiger partial charge in [-0.1, -0.05) is 11.6 Å². The summed E-state index contributed by atoms with van der Waals surface area (Å²) in [4.78, 5) is 0. The number of halogens is 3. The van der Waals surface area contributed by atoms with Crippen LogP contribution in [0.3, 0.4) is 0 Å². The van der Waals surface area contributed by atoms with Gasteiger partial charge in [0, 0.05) is 5.02 Å². The molecule has 0 spiro atoms. The summed E-state index contributed by atoms with van der Waals surface area (Å²) in [6, 6.07) is 7.43. The predicted molar refractivity (Wildman–Crippen MR) is 53.5 cm³/mol. The molecule has 0 saturated heterocycles. The van der Waals surface area contributed by atoms with Crippen LogP contribution in [0.15, 0.2) is 24.3 Å². The highest BCUT2D eigenvalue weighted by molar-refractivity contribution is 6.68. The van der Waals surface area contributed by atoms with Gasteiger partial charge in [-0.3, -0.25) is 0 Å². The van der Waals surface area contributed by atoms with Crippen molar-refractivity contribution in [2.24, 2.45) is 0 Å². The molecule has 0 radical (unpaired) electrons. The van der Waals surface area contributed by atoms with Crippen molar-refractivity contribution in [1.82, 2.24) is 0 Å². The fraction of sp³-hybridized carbons (Fsp3) is 0.222. The van der Waals surface area contributed by atoms with Crippen molar-refractivity contribution in [2.45, 2.75) is 0 Å². The van der Waals surface area contributed by atoms with Crippen molar-refractivity contribution in [3.8, 4) is 0 Å². The summed E-state index contributed by atoms with van der Waals surface area (Å²) >= 11 is 11.7. The Kier molecular flexibility index (Phi) is 5.38. The van der Waals surface area contributed by atoms with Gasteiger partial charge in [0.05, 0.1) is 5.56 Å². The average molecular weight is 239 g/mol. The molecule has 72 valence electrons. The van der Waals surface area contributed by atoms with Crippen LogP contribution in [-0.2, 0) is 0 Å². The van der Waals surface area contributed by atoms with Gasteiger partial charge < -0.3 is 12.4 Å². The second-order valence-corrected chi connectivity index (χ2v) is 3.49. The Balaban J connectivity index is 0.00000144. The fourth-order valence-electron chi connectivity index (χ4n) is 0.846. The lowest BCUT2D eigenvalue weighted by molar-refractivity contribution is -0.461. The summed E-state index contributed by atoms with van der Waals surface area (Å²) in [6.07, 6.45) is 0. The number of nitrogens with zero attached hydrogens (tertiary/aromatic N) is 1. The molecule has 1 rings (SSSR count). The molecule has 0 aliphatic carbocycles. The summed E-state index contributed by atoms with van der Waals surface area (Å²) in [7, 11) is 3.80. The molecule has 0 fully saturated rings. The van der Waals surface area contributed by atoms with Crippen LogP contribution in [0.5, 0.6) is 0 Å². The molecule has 0 N–H and O–H groups in total. The Morgan fingerprint density at radius 1 is 1.15 bits per heavy atom. The van der Waals surface area contributed by atoms with Gasteiger partial charge in [-0.2, -0.15) is 0 Å². The molecule has 0 atom stereocenters. The van der Waals surface area contributed by atoms with E-state index in [2.05, 4.69) is 0 Å². The number of benzene rings is 1. The molecule has 0 bridgehead atoms. The van der Waals surface area contributed by atoms with E-state index in [9.17, 15) is 0 Å². The maximum Gasteiger partial charge on any atom is 0.276 e. The maximum atomic E-state index is 5.99. The van der Waals surface area contributed by atoms with E-state index in [-0.39, 0.29) is 12.4 Å². The Morgan fingerprint density at radius 3 is 2.00 bits per heavy atom. The van der Waals surface area contributed by atoms with E-state index in [1.54, 1.807) is 0 Å². The van der Waals surface area contributed by atoms with E-state index in [1.165, 1.54) is 0 Å². The third kappa shape index (κ3) is 3.55. The molecule has 0 amide bonds. The third-order valence-corrected chi connectivity index (χ3v) is 2.28. The van der Waals surface area contributed by atoms with E-state index in [0.29, 0.717) is 5.17 Å². The van der Waals surface area contributed by atoms with Crippen molar-refractivity contribution in [1.29, 1.82) is 0 Å². The van der Waals surface area contributed by atoms with E-state index >= 15 is 0 Å². The first kappa shape index (κ1) is 12.8. The smallest absolute Gasteiger partial charge is 0.276 e. The molecule has 0 aromatic heterocycles. The predicted octanol–water partition coefficient (Wildman–Crippen LogP) is -0.399. The van der Waals surface area contributed by atoms with E-state index in [0.717, 1.165) is 10.6 Å². The fourth-order valence-corrected chi connectivity index (χ4v) is 1.10. The van der Waals surface area contributed by atoms with E-state index in [1.807, 2.05) is 42.9 Å². The lowest BCUT2D eigenvalue weighted by atomic mass is 10.2. The van der Waals surface area contributed by atoms with Crippen LogP contribution in [0, 0.1) is 0 Å². The summed E-state index contributed by atoms with van der Waals surface area (Å²) < 4.78 is 1.85. The average Bonchev–Trinajstić information content (AvgIpc) is 2.04. The molecule has 1 aromatic carbocycles. The normalized spacial score (nSPS) is 8.92. The highest BCUT2D eigenvalue weighted by atomic mass is 35.5. The van der Waals surface area contributed by atoms with Gasteiger partial charge in [0.1, 0.15) is 14.1 Å². The number of hydrogen-bond acceptors (Lipinski definition) is 0. The van der Waals surface area contributed by atoms with Crippen molar-refractivity contribution in [3.63, 3.8) is 0 Å². The Bertz CT molecular complexity index is 299. The number of rotatable bonds is 1. The summed E-state index contributed by atoms with van der Waals surface area (Å²) in [5, 5.41) is 1.44. The minimum absolute atomic E-state index is 0. The van der Waals surface area contributed by atoms with Crippen molar-refractivity contribution < 1.29 is 17.0 Å². The van der Waals surface area contributed by atoms with Gasteiger partial charge in [0.2, 0.25) is 0 Å². The molecule has 1 aromatic rings. The molecule has 0 aliphatic heterocycles. The first-order valence-corrected chi connectivity index (χ1v) is 4.32. The maximum absolute atomic E-state index is 5.99. The zero-order chi connectivity index (χ0) is 9.14. The highest BCUT2D eigenvalue weighted by Crippen LogP contribution is 2.11. The largest absolute Gasteiger partial charge is 1.00 e. The van der Waals surface area contributed by atoms with Gasteiger partial charge in [-0.25, -0.2) is 4.58 Å². The second kappa shape index (κ2) is 5.48. The molecule has 0 saturated carbocycles. The van der Waals surface area contributed by atoms with Crippen LogP contribution in [0.2, 0.25) is 5.02 Å². The second-order valence-electron chi connectivity index (χ2n) is 2.69. The highest BCUT2D eigenvalue weighted by Gasteiger charge is 2.06.